The van der Waals surface area contributed by atoms with E-state index in [1.807, 2.05) is 13.0 Å². The minimum absolute atomic E-state index is 0.00161. The van der Waals surface area contributed by atoms with Crippen molar-refractivity contribution >= 4 is 21.7 Å². The molecule has 0 atom stereocenters. The van der Waals surface area contributed by atoms with E-state index in [0.29, 0.717) is 17.1 Å². The van der Waals surface area contributed by atoms with Crippen molar-refractivity contribution in [2.24, 2.45) is 0 Å². The van der Waals surface area contributed by atoms with E-state index in [-0.39, 0.29) is 23.8 Å². The normalized spacial score (nSPS) is 11.4. The number of benzene rings is 1. The first-order chi connectivity index (χ1) is 10.8. The van der Waals surface area contributed by atoms with Crippen molar-refractivity contribution < 1.29 is 17.7 Å². The van der Waals surface area contributed by atoms with Gasteiger partial charge in [-0.2, -0.15) is 0 Å². The maximum atomic E-state index is 12.3. The quantitative estimate of drug-likeness (QED) is 0.838. The number of nitrogens with zero attached hydrogens (tertiary/aromatic N) is 1. The van der Waals surface area contributed by atoms with Crippen LogP contribution in [0.3, 0.4) is 0 Å². The topological polar surface area (TPSA) is 101 Å². The van der Waals surface area contributed by atoms with Gasteiger partial charge < -0.3 is 9.84 Å². The second kappa shape index (κ2) is 6.93. The molecule has 0 radical (unpaired) electrons. The van der Waals surface area contributed by atoms with Gasteiger partial charge in [-0.05, 0) is 38.0 Å². The van der Waals surface area contributed by atoms with Crippen molar-refractivity contribution in [2.75, 3.05) is 11.9 Å². The lowest BCUT2D eigenvalue weighted by molar-refractivity contribution is -0.116. The monoisotopic (exact) mass is 337 g/mol. The first-order valence-electron chi connectivity index (χ1n) is 7.08. The zero-order chi connectivity index (χ0) is 17.0. The molecule has 2 rings (SSSR count). The summed E-state index contributed by atoms with van der Waals surface area (Å²) in [5, 5.41) is 6.17. The summed E-state index contributed by atoms with van der Waals surface area (Å²) in [7, 11) is -3.64. The van der Waals surface area contributed by atoms with Crippen LogP contribution in [-0.2, 0) is 14.8 Å². The Bertz CT molecular complexity index is 812. The number of anilines is 1. The van der Waals surface area contributed by atoms with Crippen molar-refractivity contribution in [1.29, 1.82) is 0 Å². The summed E-state index contributed by atoms with van der Waals surface area (Å²) >= 11 is 0. The first-order valence-corrected chi connectivity index (χ1v) is 8.56. The second-order valence-corrected chi connectivity index (χ2v) is 7.02. The molecule has 23 heavy (non-hydrogen) atoms. The molecule has 2 aromatic rings. The van der Waals surface area contributed by atoms with Crippen molar-refractivity contribution in [2.45, 2.75) is 32.1 Å². The number of rotatable bonds is 6. The van der Waals surface area contributed by atoms with E-state index in [1.54, 1.807) is 32.0 Å². The maximum Gasteiger partial charge on any atom is 0.240 e. The van der Waals surface area contributed by atoms with E-state index < -0.39 is 10.0 Å². The average molecular weight is 337 g/mol. The molecule has 0 saturated heterocycles. The SMILES string of the molecule is Cc1ccc(C)c(S(=O)(=O)NCCC(=O)Nc2cc(C)on2)c1. The number of aromatic nitrogens is 1. The molecule has 7 nitrogen and oxygen atoms in total. The summed E-state index contributed by atoms with van der Waals surface area (Å²) in [6.45, 7) is 5.26. The Labute approximate surface area is 135 Å². The van der Waals surface area contributed by atoms with E-state index in [2.05, 4.69) is 15.2 Å². The molecule has 2 N–H and O–H groups in total. The van der Waals surface area contributed by atoms with E-state index in [1.165, 1.54) is 0 Å². The number of amides is 1. The van der Waals surface area contributed by atoms with Crippen LogP contribution >= 0.6 is 0 Å². The van der Waals surface area contributed by atoms with Crippen LogP contribution in [-0.4, -0.2) is 26.0 Å². The smallest absolute Gasteiger partial charge is 0.240 e. The van der Waals surface area contributed by atoms with Crippen LogP contribution < -0.4 is 10.0 Å². The third-order valence-electron chi connectivity index (χ3n) is 3.17. The van der Waals surface area contributed by atoms with Gasteiger partial charge in [-0.1, -0.05) is 17.3 Å². The van der Waals surface area contributed by atoms with Gasteiger partial charge in [-0.3, -0.25) is 4.79 Å². The number of sulfonamides is 1. The molecule has 0 bridgehead atoms. The van der Waals surface area contributed by atoms with E-state index in [4.69, 9.17) is 4.52 Å². The molecule has 1 heterocycles. The summed E-state index contributed by atoms with van der Waals surface area (Å²) < 4.78 is 31.8. The Morgan fingerprint density at radius 2 is 1.96 bits per heavy atom. The predicted octanol–water partition coefficient (Wildman–Crippen LogP) is 1.91. The van der Waals surface area contributed by atoms with Crippen molar-refractivity contribution in [1.82, 2.24) is 9.88 Å². The largest absolute Gasteiger partial charge is 0.360 e. The molecule has 1 aromatic carbocycles. The molecule has 0 spiro atoms. The van der Waals surface area contributed by atoms with E-state index >= 15 is 0 Å². The minimum atomic E-state index is -3.64. The van der Waals surface area contributed by atoms with Gasteiger partial charge in [-0.15, -0.1) is 0 Å². The third kappa shape index (κ3) is 4.64. The van der Waals surface area contributed by atoms with Crippen LogP contribution in [0.5, 0.6) is 0 Å². The zero-order valence-electron chi connectivity index (χ0n) is 13.2. The number of aryl methyl sites for hydroxylation is 3. The average Bonchev–Trinajstić information content (AvgIpc) is 2.86. The number of hydrogen-bond acceptors (Lipinski definition) is 5. The van der Waals surface area contributed by atoms with Crippen molar-refractivity contribution in [3.8, 4) is 0 Å². The highest BCUT2D eigenvalue weighted by Crippen LogP contribution is 2.16. The Kier molecular flexibility index (Phi) is 5.17. The molecular formula is C15H19N3O4S. The zero-order valence-corrected chi connectivity index (χ0v) is 14.0. The van der Waals surface area contributed by atoms with Crippen LogP contribution in [0.1, 0.15) is 23.3 Å². The Balaban J connectivity index is 1.92. The fraction of sp³-hybridized carbons (Fsp3) is 0.333. The van der Waals surface area contributed by atoms with Gasteiger partial charge in [0.25, 0.3) is 0 Å². The van der Waals surface area contributed by atoms with Crippen molar-refractivity contribution in [3.63, 3.8) is 0 Å². The second-order valence-electron chi connectivity index (χ2n) is 5.29. The van der Waals surface area contributed by atoms with Crippen LogP contribution in [0, 0.1) is 20.8 Å². The Morgan fingerprint density at radius 1 is 1.22 bits per heavy atom. The van der Waals surface area contributed by atoms with Gasteiger partial charge in [0.05, 0.1) is 4.90 Å². The fourth-order valence-electron chi connectivity index (χ4n) is 2.00. The fourth-order valence-corrected chi connectivity index (χ4v) is 3.36. The molecule has 8 heteroatoms. The number of nitrogens with one attached hydrogen (secondary N) is 2. The third-order valence-corrected chi connectivity index (χ3v) is 4.78. The molecule has 0 aliphatic rings. The summed E-state index contributed by atoms with van der Waals surface area (Å²) in [4.78, 5) is 12.0. The summed E-state index contributed by atoms with van der Waals surface area (Å²) in [6, 6.07) is 6.79. The summed E-state index contributed by atoms with van der Waals surface area (Å²) in [5.41, 5.74) is 1.51. The molecule has 0 fully saturated rings. The molecule has 0 aliphatic heterocycles. The van der Waals surface area contributed by atoms with E-state index in [9.17, 15) is 13.2 Å². The van der Waals surface area contributed by atoms with Crippen LogP contribution in [0.25, 0.3) is 0 Å². The molecule has 0 aliphatic carbocycles. The van der Waals surface area contributed by atoms with Gasteiger partial charge in [0.1, 0.15) is 5.76 Å². The molecule has 1 amide bonds. The van der Waals surface area contributed by atoms with Crippen molar-refractivity contribution in [3.05, 3.63) is 41.2 Å². The molecule has 124 valence electrons. The van der Waals surface area contributed by atoms with Gasteiger partial charge in [-0.25, -0.2) is 13.1 Å². The number of carbonyl (C=O) groups excluding carboxylic acids is 1. The van der Waals surface area contributed by atoms with Crippen LogP contribution in [0.15, 0.2) is 33.7 Å². The Morgan fingerprint density at radius 3 is 2.61 bits per heavy atom. The highest BCUT2D eigenvalue weighted by molar-refractivity contribution is 7.89. The van der Waals surface area contributed by atoms with Gasteiger partial charge in [0.15, 0.2) is 5.82 Å². The van der Waals surface area contributed by atoms with Crippen LogP contribution in [0.4, 0.5) is 5.82 Å². The minimum Gasteiger partial charge on any atom is -0.360 e. The van der Waals surface area contributed by atoms with Gasteiger partial charge >= 0.3 is 0 Å². The van der Waals surface area contributed by atoms with Gasteiger partial charge in [0.2, 0.25) is 15.9 Å². The highest BCUT2D eigenvalue weighted by Gasteiger charge is 2.17. The lowest BCUT2D eigenvalue weighted by atomic mass is 10.2. The lowest BCUT2D eigenvalue weighted by Gasteiger charge is -2.10. The standard InChI is InChI=1S/C15H19N3O4S/c1-10-4-5-11(2)13(8-10)23(20,21)16-7-6-15(19)17-14-9-12(3)22-18-14/h4-5,8-9,16H,6-7H2,1-3H3,(H,17,18,19). The molecular weight excluding hydrogens is 318 g/mol. The highest BCUT2D eigenvalue weighted by atomic mass is 32.2. The predicted molar refractivity (Wildman–Crippen MR) is 85.6 cm³/mol. The summed E-state index contributed by atoms with van der Waals surface area (Å²) in [5.74, 6) is 0.544. The summed E-state index contributed by atoms with van der Waals surface area (Å²) in [6.07, 6.45) is -0.00397. The lowest BCUT2D eigenvalue weighted by Crippen LogP contribution is -2.28. The van der Waals surface area contributed by atoms with E-state index in [0.717, 1.165) is 5.56 Å². The number of hydrogen-bond donors (Lipinski definition) is 2. The number of carbonyl (C=O) groups is 1. The van der Waals surface area contributed by atoms with Crippen LogP contribution in [0.2, 0.25) is 0 Å². The molecule has 0 unspecified atom stereocenters. The maximum absolute atomic E-state index is 12.3. The molecule has 1 aromatic heterocycles. The first kappa shape index (κ1) is 17.2. The van der Waals surface area contributed by atoms with Gasteiger partial charge in [0, 0.05) is 19.0 Å². The molecule has 0 saturated carbocycles. The Hall–Kier alpha value is -2.19.